The van der Waals surface area contributed by atoms with E-state index in [0.29, 0.717) is 19.4 Å². The molecule has 1 unspecified atom stereocenters. The molecule has 0 saturated carbocycles. The molecule has 7 nitrogen and oxygen atoms in total. The van der Waals surface area contributed by atoms with Crippen LogP contribution >= 0.6 is 0 Å². The number of carboxylic acid groups (broad SMARTS) is 1. The summed E-state index contributed by atoms with van der Waals surface area (Å²) in [5, 5.41) is 13.7. The van der Waals surface area contributed by atoms with Crippen molar-refractivity contribution in [3.8, 4) is 0 Å². The van der Waals surface area contributed by atoms with Crippen molar-refractivity contribution < 1.29 is 23.1 Å². The molecule has 0 saturated heterocycles. The molecule has 0 aromatic carbocycles. The zero-order valence-corrected chi connectivity index (χ0v) is 12.8. The second-order valence-electron chi connectivity index (χ2n) is 4.81. The number of aliphatic carboxylic acids is 1. The van der Waals surface area contributed by atoms with Crippen LogP contribution in [0.3, 0.4) is 0 Å². The topological polar surface area (TPSA) is 113 Å². The molecule has 1 atom stereocenters. The third-order valence-corrected chi connectivity index (χ3v) is 3.89. The van der Waals surface area contributed by atoms with Gasteiger partial charge in [0.05, 0.1) is 5.75 Å². The van der Waals surface area contributed by atoms with Crippen LogP contribution in [0.15, 0.2) is 0 Å². The SMILES string of the molecule is CCC(CCNC(=O)NCCS(C)(=O)=O)CCC(=O)O. The van der Waals surface area contributed by atoms with Crippen molar-refractivity contribution in [3.63, 3.8) is 0 Å². The summed E-state index contributed by atoms with van der Waals surface area (Å²) < 4.78 is 21.7. The predicted molar refractivity (Wildman–Crippen MR) is 76.4 cm³/mol. The van der Waals surface area contributed by atoms with Gasteiger partial charge in [-0.2, -0.15) is 0 Å². The number of sulfone groups is 1. The average molecular weight is 308 g/mol. The van der Waals surface area contributed by atoms with E-state index in [-0.39, 0.29) is 24.6 Å². The van der Waals surface area contributed by atoms with E-state index < -0.39 is 21.8 Å². The van der Waals surface area contributed by atoms with E-state index in [1.165, 1.54) is 0 Å². The first-order valence-corrected chi connectivity index (χ1v) is 8.72. The lowest BCUT2D eigenvalue weighted by Crippen LogP contribution is -2.38. The summed E-state index contributed by atoms with van der Waals surface area (Å²) in [6.07, 6.45) is 3.43. The average Bonchev–Trinajstić information content (AvgIpc) is 2.31. The van der Waals surface area contributed by atoms with Crippen molar-refractivity contribution in [2.24, 2.45) is 5.92 Å². The van der Waals surface area contributed by atoms with Gasteiger partial charge in [-0.05, 0) is 18.8 Å². The standard InChI is InChI=1S/C12H24N2O5S/c1-3-10(4-5-11(15)16)6-7-13-12(17)14-8-9-20(2,18)19/h10H,3-9H2,1-2H3,(H,15,16)(H2,13,14,17). The zero-order chi connectivity index (χ0) is 15.6. The van der Waals surface area contributed by atoms with E-state index in [9.17, 15) is 18.0 Å². The van der Waals surface area contributed by atoms with Crippen LogP contribution in [0.1, 0.15) is 32.6 Å². The Labute approximate surface area is 120 Å². The lowest BCUT2D eigenvalue weighted by Gasteiger charge is -2.14. The summed E-state index contributed by atoms with van der Waals surface area (Å²) in [4.78, 5) is 21.8. The maximum absolute atomic E-state index is 11.4. The van der Waals surface area contributed by atoms with Gasteiger partial charge in [-0.25, -0.2) is 13.2 Å². The predicted octanol–water partition coefficient (Wildman–Crippen LogP) is 0.611. The molecule has 20 heavy (non-hydrogen) atoms. The molecule has 0 heterocycles. The molecule has 0 aliphatic rings. The first-order valence-electron chi connectivity index (χ1n) is 6.65. The number of hydrogen-bond acceptors (Lipinski definition) is 4. The smallest absolute Gasteiger partial charge is 0.314 e. The first-order chi connectivity index (χ1) is 9.24. The van der Waals surface area contributed by atoms with Gasteiger partial charge in [0.2, 0.25) is 0 Å². The van der Waals surface area contributed by atoms with Gasteiger partial charge in [-0.15, -0.1) is 0 Å². The summed E-state index contributed by atoms with van der Waals surface area (Å²) >= 11 is 0. The highest BCUT2D eigenvalue weighted by Crippen LogP contribution is 2.14. The van der Waals surface area contributed by atoms with E-state index in [1.807, 2.05) is 6.92 Å². The van der Waals surface area contributed by atoms with Gasteiger partial charge in [0, 0.05) is 25.8 Å². The van der Waals surface area contributed by atoms with Gasteiger partial charge in [-0.1, -0.05) is 13.3 Å². The number of rotatable bonds is 10. The van der Waals surface area contributed by atoms with Crippen molar-refractivity contribution in [2.75, 3.05) is 25.1 Å². The molecule has 2 amide bonds. The van der Waals surface area contributed by atoms with Crippen LogP contribution in [0.5, 0.6) is 0 Å². The second kappa shape index (κ2) is 9.57. The maximum atomic E-state index is 11.4. The van der Waals surface area contributed by atoms with Gasteiger partial charge < -0.3 is 15.7 Å². The van der Waals surface area contributed by atoms with Gasteiger partial charge >= 0.3 is 12.0 Å². The third kappa shape index (κ3) is 11.8. The van der Waals surface area contributed by atoms with Gasteiger partial charge in [0.25, 0.3) is 0 Å². The van der Waals surface area contributed by atoms with Crippen molar-refractivity contribution in [1.82, 2.24) is 10.6 Å². The Balaban J connectivity index is 3.75. The van der Waals surface area contributed by atoms with E-state index in [0.717, 1.165) is 12.7 Å². The molecule has 0 fully saturated rings. The van der Waals surface area contributed by atoms with E-state index in [4.69, 9.17) is 5.11 Å². The molecule has 0 aliphatic heterocycles. The monoisotopic (exact) mass is 308 g/mol. The minimum atomic E-state index is -3.07. The molecule has 0 aliphatic carbocycles. The lowest BCUT2D eigenvalue weighted by molar-refractivity contribution is -0.137. The van der Waals surface area contributed by atoms with Crippen LogP contribution in [0.4, 0.5) is 4.79 Å². The largest absolute Gasteiger partial charge is 0.481 e. The van der Waals surface area contributed by atoms with Crippen LogP contribution in [0.25, 0.3) is 0 Å². The van der Waals surface area contributed by atoms with Crippen LogP contribution < -0.4 is 10.6 Å². The number of carbonyl (C=O) groups is 2. The molecule has 0 radical (unpaired) electrons. The highest BCUT2D eigenvalue weighted by atomic mass is 32.2. The van der Waals surface area contributed by atoms with Crippen molar-refractivity contribution in [1.29, 1.82) is 0 Å². The maximum Gasteiger partial charge on any atom is 0.314 e. The number of amides is 2. The van der Waals surface area contributed by atoms with Crippen molar-refractivity contribution in [2.45, 2.75) is 32.6 Å². The van der Waals surface area contributed by atoms with Gasteiger partial charge in [0.1, 0.15) is 9.84 Å². The highest BCUT2D eigenvalue weighted by molar-refractivity contribution is 7.90. The molecule has 118 valence electrons. The number of nitrogens with one attached hydrogen (secondary N) is 2. The molecule has 0 spiro atoms. The Morgan fingerprint density at radius 3 is 2.25 bits per heavy atom. The Bertz CT molecular complexity index is 408. The van der Waals surface area contributed by atoms with Crippen LogP contribution in [0, 0.1) is 5.92 Å². The fourth-order valence-electron chi connectivity index (χ4n) is 1.68. The minimum absolute atomic E-state index is 0.0842. The Morgan fingerprint density at radius 1 is 1.15 bits per heavy atom. The summed E-state index contributed by atoms with van der Waals surface area (Å²) in [5.41, 5.74) is 0. The summed E-state index contributed by atoms with van der Waals surface area (Å²) in [7, 11) is -3.07. The minimum Gasteiger partial charge on any atom is -0.481 e. The van der Waals surface area contributed by atoms with Crippen LogP contribution in [-0.4, -0.2) is 50.6 Å². The Hall–Kier alpha value is -1.31. The quantitative estimate of drug-likeness (QED) is 0.547. The van der Waals surface area contributed by atoms with Crippen molar-refractivity contribution >= 4 is 21.8 Å². The lowest BCUT2D eigenvalue weighted by atomic mass is 9.97. The Kier molecular flexibility index (Phi) is 8.94. The fraction of sp³-hybridized carbons (Fsp3) is 0.833. The second-order valence-corrected chi connectivity index (χ2v) is 7.07. The summed E-state index contributed by atoms with van der Waals surface area (Å²) in [5.74, 6) is -0.631. The number of hydrogen-bond donors (Lipinski definition) is 3. The van der Waals surface area contributed by atoms with Gasteiger partial charge in [-0.3, -0.25) is 4.79 Å². The number of carboxylic acids is 1. The molecule has 0 bridgehead atoms. The van der Waals surface area contributed by atoms with E-state index in [1.54, 1.807) is 0 Å². The number of carbonyl (C=O) groups excluding carboxylic acids is 1. The molecule has 0 rings (SSSR count). The van der Waals surface area contributed by atoms with Crippen LogP contribution in [0.2, 0.25) is 0 Å². The summed E-state index contributed by atoms with van der Waals surface area (Å²) in [6.45, 7) is 2.52. The number of urea groups is 1. The first kappa shape index (κ1) is 18.7. The highest BCUT2D eigenvalue weighted by Gasteiger charge is 2.10. The molecule has 3 N–H and O–H groups in total. The van der Waals surface area contributed by atoms with Crippen LogP contribution in [-0.2, 0) is 14.6 Å². The molecule has 0 aromatic rings. The zero-order valence-electron chi connectivity index (χ0n) is 12.0. The summed E-state index contributed by atoms with van der Waals surface area (Å²) in [6, 6.07) is -0.401. The Morgan fingerprint density at radius 2 is 1.75 bits per heavy atom. The molecular weight excluding hydrogens is 284 g/mol. The van der Waals surface area contributed by atoms with E-state index >= 15 is 0 Å². The van der Waals surface area contributed by atoms with Crippen molar-refractivity contribution in [3.05, 3.63) is 0 Å². The van der Waals surface area contributed by atoms with E-state index in [2.05, 4.69) is 10.6 Å². The molecular formula is C12H24N2O5S. The normalized spacial score (nSPS) is 12.7. The third-order valence-electron chi connectivity index (χ3n) is 2.94. The van der Waals surface area contributed by atoms with Gasteiger partial charge in [0.15, 0.2) is 0 Å². The fourth-order valence-corrected chi connectivity index (χ4v) is 2.16. The molecule has 0 aromatic heterocycles. The molecule has 8 heteroatoms.